The molecular weight excluding hydrogens is 398 g/mol. The van der Waals surface area contributed by atoms with E-state index in [1.165, 1.54) is 9.47 Å². The highest BCUT2D eigenvalue weighted by Crippen LogP contribution is 2.23. The molecule has 0 saturated carbocycles. The average Bonchev–Trinajstić information content (AvgIpc) is 3.19. The number of benzene rings is 1. The van der Waals surface area contributed by atoms with Crippen LogP contribution in [0.15, 0.2) is 44.3 Å². The van der Waals surface area contributed by atoms with E-state index < -0.39 is 11.2 Å². The molecule has 0 bridgehead atoms. The standard InChI is InChI=1S/C22H29N5O4/c1-4-6-11-27-20(23)19(21(29)25-22(27)30)26(5-2)18(28)13-24-14(3)17-12-15-9-7-8-10-16(15)31-17/h7-10,12,14,24H,4-6,11,13,23H2,1-3H3,(H,25,29,30). The molecule has 1 aromatic carbocycles. The van der Waals surface area contributed by atoms with Crippen molar-refractivity contribution in [3.05, 3.63) is 56.9 Å². The van der Waals surface area contributed by atoms with Gasteiger partial charge in [-0.2, -0.15) is 0 Å². The fraction of sp³-hybridized carbons (Fsp3) is 0.409. The number of para-hydroxylation sites is 1. The van der Waals surface area contributed by atoms with Crippen LogP contribution in [0.1, 0.15) is 45.4 Å². The van der Waals surface area contributed by atoms with Crippen molar-refractivity contribution in [1.29, 1.82) is 0 Å². The number of likely N-dealkylation sites (N-methyl/N-ethyl adjacent to an activating group) is 1. The third-order valence-corrected chi connectivity index (χ3v) is 5.27. The molecule has 1 atom stereocenters. The maximum Gasteiger partial charge on any atom is 0.330 e. The van der Waals surface area contributed by atoms with Crippen LogP contribution in [0.25, 0.3) is 11.0 Å². The molecule has 31 heavy (non-hydrogen) atoms. The highest BCUT2D eigenvalue weighted by Gasteiger charge is 2.23. The van der Waals surface area contributed by atoms with Crippen molar-refractivity contribution in [3.63, 3.8) is 0 Å². The maximum atomic E-state index is 12.9. The van der Waals surface area contributed by atoms with Gasteiger partial charge in [0, 0.05) is 18.5 Å². The first-order valence-corrected chi connectivity index (χ1v) is 10.5. The highest BCUT2D eigenvalue weighted by atomic mass is 16.3. The van der Waals surface area contributed by atoms with E-state index >= 15 is 0 Å². The molecule has 2 aromatic heterocycles. The van der Waals surface area contributed by atoms with Crippen LogP contribution in [0, 0.1) is 0 Å². The number of hydrogen-bond donors (Lipinski definition) is 3. The maximum absolute atomic E-state index is 12.9. The number of anilines is 2. The zero-order valence-electron chi connectivity index (χ0n) is 18.1. The summed E-state index contributed by atoms with van der Waals surface area (Å²) in [7, 11) is 0. The summed E-state index contributed by atoms with van der Waals surface area (Å²) >= 11 is 0. The van der Waals surface area contributed by atoms with Gasteiger partial charge in [-0.05, 0) is 32.4 Å². The normalized spacial score (nSPS) is 12.2. The third-order valence-electron chi connectivity index (χ3n) is 5.27. The lowest BCUT2D eigenvalue weighted by Gasteiger charge is -2.24. The molecule has 4 N–H and O–H groups in total. The summed E-state index contributed by atoms with van der Waals surface area (Å²) in [5.41, 5.74) is 5.68. The van der Waals surface area contributed by atoms with Crippen LogP contribution in [0.3, 0.4) is 0 Å². The van der Waals surface area contributed by atoms with Gasteiger partial charge in [0.15, 0.2) is 5.69 Å². The number of carbonyl (C=O) groups is 1. The molecule has 0 spiro atoms. The molecular formula is C22H29N5O4. The SMILES string of the molecule is CCCCn1c(N)c(N(CC)C(=O)CNC(C)c2cc3ccccc3o2)c(=O)[nH]c1=O. The Morgan fingerprint density at radius 3 is 2.71 bits per heavy atom. The second-order valence-corrected chi connectivity index (χ2v) is 7.43. The number of nitrogen functional groups attached to an aromatic ring is 1. The minimum Gasteiger partial charge on any atom is -0.459 e. The van der Waals surface area contributed by atoms with Gasteiger partial charge in [0.2, 0.25) is 5.91 Å². The van der Waals surface area contributed by atoms with E-state index in [4.69, 9.17) is 10.2 Å². The van der Waals surface area contributed by atoms with Crippen LogP contribution in [-0.2, 0) is 11.3 Å². The Hall–Kier alpha value is -3.33. The summed E-state index contributed by atoms with van der Waals surface area (Å²) in [6.07, 6.45) is 1.59. The minimum absolute atomic E-state index is 0.00129. The molecule has 166 valence electrons. The fourth-order valence-electron chi connectivity index (χ4n) is 3.49. The summed E-state index contributed by atoms with van der Waals surface area (Å²) in [5, 5.41) is 4.12. The van der Waals surface area contributed by atoms with Crippen molar-refractivity contribution >= 4 is 28.4 Å². The summed E-state index contributed by atoms with van der Waals surface area (Å²) < 4.78 is 7.14. The number of nitrogens with two attached hydrogens (primary N) is 1. The molecule has 0 radical (unpaired) electrons. The van der Waals surface area contributed by atoms with Crippen LogP contribution in [0.5, 0.6) is 0 Å². The van der Waals surface area contributed by atoms with Gasteiger partial charge in [-0.25, -0.2) is 4.79 Å². The number of hydrogen-bond acceptors (Lipinski definition) is 6. The number of fused-ring (bicyclic) bond motifs is 1. The average molecular weight is 428 g/mol. The van der Waals surface area contributed by atoms with Crippen LogP contribution in [0.2, 0.25) is 0 Å². The van der Waals surface area contributed by atoms with E-state index in [1.54, 1.807) is 6.92 Å². The molecule has 0 aliphatic carbocycles. The van der Waals surface area contributed by atoms with Crippen molar-refractivity contribution < 1.29 is 9.21 Å². The molecule has 9 nitrogen and oxygen atoms in total. The Morgan fingerprint density at radius 1 is 1.29 bits per heavy atom. The Morgan fingerprint density at radius 2 is 2.03 bits per heavy atom. The van der Waals surface area contributed by atoms with Crippen LogP contribution in [0.4, 0.5) is 11.5 Å². The molecule has 0 saturated heterocycles. The third kappa shape index (κ3) is 4.72. The van der Waals surface area contributed by atoms with Gasteiger partial charge in [0.25, 0.3) is 5.56 Å². The summed E-state index contributed by atoms with van der Waals surface area (Å²) in [4.78, 5) is 41.1. The number of H-pyrrole nitrogens is 1. The molecule has 0 aliphatic heterocycles. The molecule has 3 aromatic rings. The first-order valence-electron chi connectivity index (χ1n) is 10.5. The molecule has 3 rings (SSSR count). The topological polar surface area (TPSA) is 126 Å². The molecule has 0 aliphatic rings. The van der Waals surface area contributed by atoms with E-state index in [1.807, 2.05) is 44.2 Å². The summed E-state index contributed by atoms with van der Waals surface area (Å²) in [6, 6.07) is 9.40. The Bertz CT molecular complexity index is 1140. The number of amides is 1. The second kappa shape index (κ2) is 9.65. The van der Waals surface area contributed by atoms with Crippen LogP contribution >= 0.6 is 0 Å². The quantitative estimate of drug-likeness (QED) is 0.481. The Labute approximate surface area is 179 Å². The zero-order valence-corrected chi connectivity index (χ0v) is 18.1. The van der Waals surface area contributed by atoms with Crippen molar-refractivity contribution in [2.75, 3.05) is 23.7 Å². The van der Waals surface area contributed by atoms with Gasteiger partial charge in [-0.3, -0.25) is 24.5 Å². The van der Waals surface area contributed by atoms with Crippen LogP contribution in [-0.4, -0.2) is 28.5 Å². The van der Waals surface area contributed by atoms with Gasteiger partial charge >= 0.3 is 5.69 Å². The number of unbranched alkanes of at least 4 members (excludes halogenated alkanes) is 1. The highest BCUT2D eigenvalue weighted by molar-refractivity contribution is 5.96. The zero-order chi connectivity index (χ0) is 22.5. The van der Waals surface area contributed by atoms with E-state index in [2.05, 4.69) is 10.3 Å². The van der Waals surface area contributed by atoms with E-state index in [9.17, 15) is 14.4 Å². The molecule has 2 heterocycles. The second-order valence-electron chi connectivity index (χ2n) is 7.43. The Kier molecular flexibility index (Phi) is 6.96. The number of aromatic nitrogens is 2. The van der Waals surface area contributed by atoms with Gasteiger partial charge < -0.3 is 15.1 Å². The van der Waals surface area contributed by atoms with Gasteiger partial charge in [-0.15, -0.1) is 0 Å². The van der Waals surface area contributed by atoms with Crippen molar-refractivity contribution in [2.45, 2.75) is 46.2 Å². The predicted molar refractivity (Wildman–Crippen MR) is 121 cm³/mol. The molecule has 1 amide bonds. The number of rotatable bonds is 9. The van der Waals surface area contributed by atoms with Crippen LogP contribution < -0.4 is 27.2 Å². The molecule has 9 heteroatoms. The minimum atomic E-state index is -0.671. The van der Waals surface area contributed by atoms with Gasteiger partial charge in [0.05, 0.1) is 12.6 Å². The monoisotopic (exact) mass is 427 g/mol. The smallest absolute Gasteiger partial charge is 0.330 e. The lowest BCUT2D eigenvalue weighted by atomic mass is 10.2. The van der Waals surface area contributed by atoms with Gasteiger partial charge in [-0.1, -0.05) is 31.5 Å². The number of furan rings is 1. The lowest BCUT2D eigenvalue weighted by Crippen LogP contribution is -2.44. The van der Waals surface area contributed by atoms with E-state index in [-0.39, 0.29) is 36.5 Å². The molecule has 0 fully saturated rings. The first kappa shape index (κ1) is 22.4. The predicted octanol–water partition coefficient (Wildman–Crippen LogP) is 2.37. The first-order chi connectivity index (χ1) is 14.9. The van der Waals surface area contributed by atoms with Crippen molar-refractivity contribution in [1.82, 2.24) is 14.9 Å². The lowest BCUT2D eigenvalue weighted by molar-refractivity contribution is -0.117. The number of nitrogens with one attached hydrogen (secondary N) is 2. The number of aromatic amines is 1. The van der Waals surface area contributed by atoms with E-state index in [0.717, 1.165) is 23.8 Å². The summed E-state index contributed by atoms with van der Waals surface area (Å²) in [6.45, 7) is 6.22. The summed E-state index contributed by atoms with van der Waals surface area (Å²) in [5.74, 6) is 0.383. The number of carbonyl (C=O) groups excluding carboxylic acids is 1. The fourth-order valence-corrected chi connectivity index (χ4v) is 3.49. The van der Waals surface area contributed by atoms with Crippen molar-refractivity contribution in [3.8, 4) is 0 Å². The molecule has 1 unspecified atom stereocenters. The largest absolute Gasteiger partial charge is 0.459 e. The Balaban J connectivity index is 1.78. The van der Waals surface area contributed by atoms with Crippen molar-refractivity contribution in [2.24, 2.45) is 0 Å². The number of nitrogens with zero attached hydrogens (tertiary/aromatic N) is 2. The van der Waals surface area contributed by atoms with E-state index in [0.29, 0.717) is 12.3 Å². The van der Waals surface area contributed by atoms with Gasteiger partial charge in [0.1, 0.15) is 17.2 Å².